The summed E-state index contributed by atoms with van der Waals surface area (Å²) in [5.41, 5.74) is -0.0449. The van der Waals surface area contributed by atoms with Crippen LogP contribution in [0, 0.1) is 0 Å². The van der Waals surface area contributed by atoms with Crippen LogP contribution in [0.25, 0.3) is 0 Å². The molecular formula is C17H21F3N2O2S. The lowest BCUT2D eigenvalue weighted by Crippen LogP contribution is -2.39. The number of amides is 2. The minimum Gasteiger partial charge on any atom is -0.341 e. The van der Waals surface area contributed by atoms with E-state index in [2.05, 4.69) is 0 Å². The van der Waals surface area contributed by atoms with Gasteiger partial charge in [0.15, 0.2) is 0 Å². The van der Waals surface area contributed by atoms with Gasteiger partial charge < -0.3 is 9.80 Å². The Morgan fingerprint density at radius 2 is 1.92 bits per heavy atom. The van der Waals surface area contributed by atoms with E-state index in [0.717, 1.165) is 12.1 Å². The first-order valence-electron chi connectivity index (χ1n) is 8.14. The molecule has 1 fully saturated rings. The van der Waals surface area contributed by atoms with Crippen LogP contribution in [-0.2, 0) is 15.8 Å². The number of hydrogen-bond acceptors (Lipinski definition) is 3. The van der Waals surface area contributed by atoms with E-state index in [1.165, 1.54) is 23.9 Å². The normalized spacial score (nSPS) is 17.9. The van der Waals surface area contributed by atoms with Crippen LogP contribution in [-0.4, -0.2) is 47.0 Å². The van der Waals surface area contributed by atoms with Crippen molar-refractivity contribution in [3.63, 3.8) is 0 Å². The van der Waals surface area contributed by atoms with Gasteiger partial charge in [0.25, 0.3) is 0 Å². The Kier molecular flexibility index (Phi) is 6.37. The van der Waals surface area contributed by atoms with Crippen molar-refractivity contribution in [2.45, 2.75) is 31.8 Å². The van der Waals surface area contributed by atoms with Crippen LogP contribution in [0.5, 0.6) is 0 Å². The lowest BCUT2D eigenvalue weighted by Gasteiger charge is -2.28. The third-order valence-electron chi connectivity index (χ3n) is 4.14. The minimum atomic E-state index is -4.38. The second-order valence-electron chi connectivity index (χ2n) is 5.70. The molecule has 0 aromatic heterocycles. The smallest absolute Gasteiger partial charge is 0.341 e. The number of thioether (sulfide) groups is 1. The summed E-state index contributed by atoms with van der Waals surface area (Å²) >= 11 is 1.39. The molecule has 1 saturated heterocycles. The summed E-state index contributed by atoms with van der Waals surface area (Å²) in [5, 5.41) is -0.315. The summed E-state index contributed by atoms with van der Waals surface area (Å²) in [4.78, 5) is 27.3. The first-order valence-corrected chi connectivity index (χ1v) is 9.18. The molecule has 0 radical (unpaired) electrons. The van der Waals surface area contributed by atoms with Crippen LogP contribution in [0.3, 0.4) is 0 Å². The fourth-order valence-electron chi connectivity index (χ4n) is 2.72. The number of carbonyl (C=O) groups excluding carboxylic acids is 2. The third-order valence-corrected chi connectivity index (χ3v) is 5.39. The molecular weight excluding hydrogens is 353 g/mol. The van der Waals surface area contributed by atoms with E-state index in [0.29, 0.717) is 37.4 Å². The highest BCUT2D eigenvalue weighted by Crippen LogP contribution is 2.39. The van der Waals surface area contributed by atoms with E-state index in [1.807, 2.05) is 6.92 Å². The highest BCUT2D eigenvalue weighted by atomic mass is 32.2. The number of hydrogen-bond donors (Lipinski definition) is 0. The fraction of sp³-hybridized carbons (Fsp3) is 0.529. The van der Waals surface area contributed by atoms with Gasteiger partial charge in [0, 0.05) is 26.1 Å². The second-order valence-corrected chi connectivity index (χ2v) is 6.77. The summed E-state index contributed by atoms with van der Waals surface area (Å²) in [6.45, 7) is 5.02. The lowest BCUT2D eigenvalue weighted by atomic mass is 10.1. The Morgan fingerprint density at radius 3 is 2.44 bits per heavy atom. The van der Waals surface area contributed by atoms with E-state index in [9.17, 15) is 22.8 Å². The molecule has 1 heterocycles. The molecule has 0 spiro atoms. The molecule has 2 rings (SSSR count). The Balaban J connectivity index is 2.09. The molecule has 1 atom stereocenters. The van der Waals surface area contributed by atoms with Gasteiger partial charge in [-0.25, -0.2) is 0 Å². The van der Waals surface area contributed by atoms with Crippen LogP contribution in [0.4, 0.5) is 13.2 Å². The first-order chi connectivity index (χ1) is 11.8. The number of likely N-dealkylation sites (N-methyl/N-ethyl adjacent to an activating group) is 1. The van der Waals surface area contributed by atoms with Gasteiger partial charge in [-0.3, -0.25) is 9.59 Å². The number of halogens is 3. The highest BCUT2D eigenvalue weighted by Gasteiger charge is 2.34. The van der Waals surface area contributed by atoms with Crippen LogP contribution >= 0.6 is 11.8 Å². The van der Waals surface area contributed by atoms with E-state index >= 15 is 0 Å². The molecule has 0 bridgehead atoms. The summed E-state index contributed by atoms with van der Waals surface area (Å²) in [6.07, 6.45) is -3.97. The first kappa shape index (κ1) is 19.6. The number of rotatable bonds is 6. The summed E-state index contributed by atoms with van der Waals surface area (Å²) in [5.74, 6) is 0.252. The molecule has 0 N–H and O–H groups in total. The van der Waals surface area contributed by atoms with Gasteiger partial charge in [-0.15, -0.1) is 11.8 Å². The molecule has 8 heteroatoms. The molecule has 4 nitrogen and oxygen atoms in total. The average molecular weight is 374 g/mol. The van der Waals surface area contributed by atoms with Crippen LogP contribution in [0.15, 0.2) is 24.3 Å². The van der Waals surface area contributed by atoms with Gasteiger partial charge in [0.05, 0.1) is 11.3 Å². The van der Waals surface area contributed by atoms with Crippen molar-refractivity contribution >= 4 is 23.6 Å². The maximum Gasteiger partial charge on any atom is 0.416 e. The lowest BCUT2D eigenvalue weighted by molar-refractivity contribution is -0.137. The summed E-state index contributed by atoms with van der Waals surface area (Å²) in [6, 6.07) is 4.91. The maximum absolute atomic E-state index is 12.7. The van der Waals surface area contributed by atoms with E-state index in [-0.39, 0.29) is 17.2 Å². The van der Waals surface area contributed by atoms with Crippen molar-refractivity contribution in [3.8, 4) is 0 Å². The molecule has 25 heavy (non-hydrogen) atoms. The quantitative estimate of drug-likeness (QED) is 0.765. The van der Waals surface area contributed by atoms with Crippen molar-refractivity contribution in [3.05, 3.63) is 35.4 Å². The van der Waals surface area contributed by atoms with Gasteiger partial charge in [-0.1, -0.05) is 19.1 Å². The molecule has 0 aliphatic carbocycles. The third kappa shape index (κ3) is 4.68. The largest absolute Gasteiger partial charge is 0.416 e. The molecule has 2 amide bonds. The number of nitrogens with zero attached hydrogens (tertiary/aromatic N) is 2. The zero-order valence-electron chi connectivity index (χ0n) is 14.2. The van der Waals surface area contributed by atoms with Crippen LogP contribution < -0.4 is 0 Å². The Labute approximate surface area is 149 Å². The number of carbonyl (C=O) groups is 2. The summed E-state index contributed by atoms with van der Waals surface area (Å²) in [7, 11) is 0. The van der Waals surface area contributed by atoms with Gasteiger partial charge in [-0.2, -0.15) is 13.2 Å². The fourth-order valence-corrected chi connectivity index (χ4v) is 3.94. The SMILES string of the molecule is CCC(=O)N(CC)CCN1C(=O)CS[C@H]1c1ccc(C(F)(F)F)cc1. The molecule has 1 aliphatic rings. The van der Waals surface area contributed by atoms with Crippen molar-refractivity contribution < 1.29 is 22.8 Å². The molecule has 1 aromatic rings. The Hall–Kier alpha value is -1.70. The van der Waals surface area contributed by atoms with Crippen LogP contribution in [0.2, 0.25) is 0 Å². The Bertz CT molecular complexity index is 619. The maximum atomic E-state index is 12.7. The molecule has 1 aromatic carbocycles. The van der Waals surface area contributed by atoms with Crippen molar-refractivity contribution in [1.82, 2.24) is 9.80 Å². The van der Waals surface area contributed by atoms with E-state index < -0.39 is 11.7 Å². The molecule has 0 saturated carbocycles. The standard InChI is InChI=1S/C17H21F3N2O2S/c1-3-14(23)21(4-2)9-10-22-15(24)11-25-16(22)12-5-7-13(8-6-12)17(18,19)20/h5-8,16H,3-4,9-11H2,1-2H3/t16-/m0/s1. The molecule has 1 aliphatic heterocycles. The average Bonchev–Trinajstić information content (AvgIpc) is 2.95. The van der Waals surface area contributed by atoms with Gasteiger partial charge >= 0.3 is 6.18 Å². The van der Waals surface area contributed by atoms with Crippen molar-refractivity contribution in [1.29, 1.82) is 0 Å². The van der Waals surface area contributed by atoms with Gasteiger partial charge in [0.1, 0.15) is 5.37 Å². The number of alkyl halides is 3. The monoisotopic (exact) mass is 374 g/mol. The van der Waals surface area contributed by atoms with Crippen LogP contribution in [0.1, 0.15) is 36.8 Å². The molecule has 138 valence electrons. The van der Waals surface area contributed by atoms with E-state index in [1.54, 1.807) is 16.7 Å². The zero-order valence-corrected chi connectivity index (χ0v) is 15.0. The highest BCUT2D eigenvalue weighted by molar-refractivity contribution is 8.00. The number of benzene rings is 1. The van der Waals surface area contributed by atoms with E-state index in [4.69, 9.17) is 0 Å². The second kappa shape index (κ2) is 8.12. The molecule has 0 unspecified atom stereocenters. The topological polar surface area (TPSA) is 40.6 Å². The predicted octanol–water partition coefficient (Wildman–Crippen LogP) is 3.54. The predicted molar refractivity (Wildman–Crippen MR) is 90.9 cm³/mol. The van der Waals surface area contributed by atoms with Gasteiger partial charge in [-0.05, 0) is 24.6 Å². The van der Waals surface area contributed by atoms with Crippen molar-refractivity contribution in [2.75, 3.05) is 25.4 Å². The van der Waals surface area contributed by atoms with Crippen molar-refractivity contribution in [2.24, 2.45) is 0 Å². The summed E-state index contributed by atoms with van der Waals surface area (Å²) < 4.78 is 38.1. The Morgan fingerprint density at radius 1 is 1.28 bits per heavy atom. The zero-order chi connectivity index (χ0) is 18.6. The van der Waals surface area contributed by atoms with Gasteiger partial charge in [0.2, 0.25) is 11.8 Å². The minimum absolute atomic E-state index is 0.0212.